The number of H-pyrrole nitrogens is 1. The Morgan fingerprint density at radius 2 is 2.04 bits per heavy atom. The lowest BCUT2D eigenvalue weighted by Crippen LogP contribution is -2.46. The van der Waals surface area contributed by atoms with Crippen LogP contribution in [0.1, 0.15) is 31.0 Å². The average molecular weight is 446 g/mol. The zero-order valence-corrected chi connectivity index (χ0v) is 16.7. The topological polar surface area (TPSA) is 99.7 Å². The van der Waals surface area contributed by atoms with Crippen molar-refractivity contribution in [1.29, 1.82) is 0 Å². The van der Waals surface area contributed by atoms with Gasteiger partial charge in [0.05, 0.1) is 17.9 Å². The lowest BCUT2D eigenvalue weighted by molar-refractivity contribution is 0.171. The number of carbonyl (C=O) groups is 1. The van der Waals surface area contributed by atoms with Crippen molar-refractivity contribution in [3.63, 3.8) is 0 Å². The number of aromatic amines is 1. The molecule has 4 rings (SSSR count). The minimum Gasteiger partial charge on any atom is -0.317 e. The molecule has 8 nitrogen and oxygen atoms in total. The molecule has 0 spiro atoms. The summed E-state index contributed by atoms with van der Waals surface area (Å²) in [6.07, 6.45) is 4.72. The Kier molecular flexibility index (Phi) is 4.80. The summed E-state index contributed by atoms with van der Waals surface area (Å²) in [6, 6.07) is 2.62. The van der Waals surface area contributed by atoms with Crippen LogP contribution < -0.4 is 5.32 Å². The van der Waals surface area contributed by atoms with Crippen molar-refractivity contribution in [2.45, 2.75) is 32.4 Å². The second-order valence-electron chi connectivity index (χ2n) is 6.59. The zero-order chi connectivity index (χ0) is 19.8. The summed E-state index contributed by atoms with van der Waals surface area (Å²) < 4.78 is 14.3. The molecule has 28 heavy (non-hydrogen) atoms. The van der Waals surface area contributed by atoms with Crippen LogP contribution in [0.15, 0.2) is 35.3 Å². The molecule has 4 heterocycles. The Balaban J connectivity index is 1.65. The van der Waals surface area contributed by atoms with Crippen molar-refractivity contribution in [1.82, 2.24) is 30.0 Å². The van der Waals surface area contributed by atoms with Crippen LogP contribution in [0, 0.1) is 5.82 Å². The molecule has 0 aromatic carbocycles. The van der Waals surface area contributed by atoms with Crippen molar-refractivity contribution in [2.24, 2.45) is 0 Å². The molecule has 0 saturated carbocycles. The van der Waals surface area contributed by atoms with Crippen LogP contribution in [0.3, 0.4) is 0 Å². The predicted molar refractivity (Wildman–Crippen MR) is 104 cm³/mol. The molecule has 10 heteroatoms. The van der Waals surface area contributed by atoms with E-state index in [1.165, 1.54) is 12.3 Å². The summed E-state index contributed by atoms with van der Waals surface area (Å²) in [6.45, 7) is 4.26. The van der Waals surface area contributed by atoms with Gasteiger partial charge in [-0.2, -0.15) is 5.10 Å². The highest BCUT2D eigenvalue weighted by Crippen LogP contribution is 2.36. The van der Waals surface area contributed by atoms with Gasteiger partial charge in [0.2, 0.25) is 0 Å². The van der Waals surface area contributed by atoms with Gasteiger partial charge in [-0.15, -0.1) is 0 Å². The van der Waals surface area contributed by atoms with Crippen LogP contribution in [0.5, 0.6) is 0 Å². The van der Waals surface area contributed by atoms with Crippen LogP contribution in [0.2, 0.25) is 0 Å². The summed E-state index contributed by atoms with van der Waals surface area (Å²) in [5, 5.41) is 10.1. The molecule has 2 atom stereocenters. The number of rotatable bonds is 2. The normalized spacial score (nSPS) is 18.6. The summed E-state index contributed by atoms with van der Waals surface area (Å²) in [5.41, 5.74) is 2.50. The highest BCUT2D eigenvalue weighted by Gasteiger charge is 2.36. The van der Waals surface area contributed by atoms with E-state index in [9.17, 15) is 9.18 Å². The predicted octanol–water partition coefficient (Wildman–Crippen LogP) is 3.70. The van der Waals surface area contributed by atoms with Crippen LogP contribution >= 0.6 is 15.9 Å². The molecule has 0 bridgehead atoms. The van der Waals surface area contributed by atoms with Crippen LogP contribution in [-0.2, 0) is 6.54 Å². The summed E-state index contributed by atoms with van der Waals surface area (Å²) >= 11 is 3.03. The first kappa shape index (κ1) is 18.5. The second kappa shape index (κ2) is 7.27. The summed E-state index contributed by atoms with van der Waals surface area (Å²) in [4.78, 5) is 26.9. The van der Waals surface area contributed by atoms with E-state index in [4.69, 9.17) is 0 Å². The van der Waals surface area contributed by atoms with Crippen molar-refractivity contribution < 1.29 is 9.18 Å². The molecule has 144 valence electrons. The van der Waals surface area contributed by atoms with Crippen molar-refractivity contribution in [3.05, 3.63) is 52.4 Å². The number of halogens is 2. The molecule has 3 aromatic heterocycles. The number of hydrogen-bond donors (Lipinski definition) is 2. The van der Waals surface area contributed by atoms with Gasteiger partial charge >= 0.3 is 6.03 Å². The molecule has 3 aromatic rings. The SMILES string of the molecule is C[C@@H]1[C@@H](C)c2n[nH]c(-c3ncccn3)c2CN1C(=O)Nc1ccnc(Br)c1F. The molecule has 0 aliphatic carbocycles. The van der Waals surface area contributed by atoms with E-state index >= 15 is 0 Å². The van der Waals surface area contributed by atoms with Gasteiger partial charge in [0, 0.05) is 36.1 Å². The number of amides is 2. The Hall–Kier alpha value is -2.88. The molecule has 0 unspecified atom stereocenters. The summed E-state index contributed by atoms with van der Waals surface area (Å²) in [7, 11) is 0. The molecule has 1 aliphatic rings. The minimum absolute atomic E-state index is 0.0164. The fraction of sp³-hybridized carbons (Fsp3) is 0.278. The van der Waals surface area contributed by atoms with E-state index in [2.05, 4.69) is 46.4 Å². The third kappa shape index (κ3) is 3.13. The van der Waals surface area contributed by atoms with Crippen LogP contribution in [-0.4, -0.2) is 42.1 Å². The third-order valence-corrected chi connectivity index (χ3v) is 5.57. The lowest BCUT2D eigenvalue weighted by atomic mass is 9.90. The van der Waals surface area contributed by atoms with E-state index in [-0.39, 0.29) is 22.3 Å². The third-order valence-electron chi connectivity index (χ3n) is 5.01. The number of urea groups is 1. The Labute approximate surface area is 168 Å². The maximum atomic E-state index is 14.2. The molecular formula is C18H17BrFN7O. The highest BCUT2D eigenvalue weighted by molar-refractivity contribution is 9.10. The van der Waals surface area contributed by atoms with Crippen molar-refractivity contribution in [2.75, 3.05) is 5.32 Å². The molecule has 1 aliphatic heterocycles. The van der Waals surface area contributed by atoms with Gasteiger partial charge in [-0.05, 0) is 35.0 Å². The molecular weight excluding hydrogens is 429 g/mol. The number of nitrogens with one attached hydrogen (secondary N) is 2. The van der Waals surface area contributed by atoms with E-state index in [1.807, 2.05) is 13.8 Å². The largest absolute Gasteiger partial charge is 0.322 e. The number of aromatic nitrogens is 5. The number of nitrogens with zero attached hydrogens (tertiary/aromatic N) is 5. The lowest BCUT2D eigenvalue weighted by Gasteiger charge is -2.37. The molecule has 0 fully saturated rings. The second-order valence-corrected chi connectivity index (χ2v) is 7.34. The number of anilines is 1. The number of fused-ring (bicyclic) bond motifs is 1. The average Bonchev–Trinajstić information content (AvgIpc) is 3.13. The first-order valence-electron chi connectivity index (χ1n) is 8.69. The Morgan fingerprint density at radius 1 is 1.29 bits per heavy atom. The van der Waals surface area contributed by atoms with E-state index < -0.39 is 11.8 Å². The first-order chi connectivity index (χ1) is 13.5. The fourth-order valence-electron chi connectivity index (χ4n) is 3.30. The Bertz CT molecular complexity index is 1030. The van der Waals surface area contributed by atoms with Gasteiger partial charge < -0.3 is 10.2 Å². The van der Waals surface area contributed by atoms with Crippen molar-refractivity contribution >= 4 is 27.6 Å². The number of hydrogen-bond acceptors (Lipinski definition) is 5. The molecule has 0 radical (unpaired) electrons. The standard InChI is InChI=1S/C18H17BrFN7O/c1-9-10(2)27(18(28)24-12-4-7-21-16(19)13(12)20)8-11-14(9)25-26-15(11)17-22-5-3-6-23-17/h3-7,9-10H,8H2,1-2H3,(H,25,26)(H,21,24,28)/t9-,10-/m1/s1. The Morgan fingerprint density at radius 3 is 2.79 bits per heavy atom. The van der Waals surface area contributed by atoms with Gasteiger partial charge in [-0.25, -0.2) is 24.1 Å². The first-order valence-corrected chi connectivity index (χ1v) is 9.48. The van der Waals surface area contributed by atoms with Gasteiger partial charge in [-0.1, -0.05) is 6.92 Å². The smallest absolute Gasteiger partial charge is 0.317 e. The van der Waals surface area contributed by atoms with E-state index in [0.29, 0.717) is 18.1 Å². The quantitative estimate of drug-likeness (QED) is 0.585. The number of pyridine rings is 1. The zero-order valence-electron chi connectivity index (χ0n) is 15.1. The molecule has 0 saturated heterocycles. The van der Waals surface area contributed by atoms with E-state index in [0.717, 1.165) is 11.3 Å². The van der Waals surface area contributed by atoms with Crippen LogP contribution in [0.25, 0.3) is 11.5 Å². The van der Waals surface area contributed by atoms with Crippen molar-refractivity contribution in [3.8, 4) is 11.5 Å². The summed E-state index contributed by atoms with van der Waals surface area (Å²) in [5.74, 6) is -0.115. The highest BCUT2D eigenvalue weighted by atomic mass is 79.9. The van der Waals surface area contributed by atoms with Gasteiger partial charge in [-0.3, -0.25) is 5.10 Å². The monoisotopic (exact) mass is 445 g/mol. The molecule has 2 N–H and O–H groups in total. The van der Waals surface area contributed by atoms with Crippen LogP contribution in [0.4, 0.5) is 14.9 Å². The van der Waals surface area contributed by atoms with Gasteiger partial charge in [0.25, 0.3) is 0 Å². The maximum absolute atomic E-state index is 14.2. The maximum Gasteiger partial charge on any atom is 0.322 e. The number of carbonyl (C=O) groups excluding carboxylic acids is 1. The fourth-order valence-corrected chi connectivity index (χ4v) is 3.63. The van der Waals surface area contributed by atoms with E-state index in [1.54, 1.807) is 23.4 Å². The van der Waals surface area contributed by atoms with Gasteiger partial charge in [0.15, 0.2) is 11.6 Å². The molecule has 2 amide bonds. The van der Waals surface area contributed by atoms with Gasteiger partial charge in [0.1, 0.15) is 10.3 Å². The minimum atomic E-state index is -0.615.